The number of nitrogens with zero attached hydrogens (tertiary/aromatic N) is 4. The van der Waals surface area contributed by atoms with E-state index in [0.717, 1.165) is 0 Å². The summed E-state index contributed by atoms with van der Waals surface area (Å²) in [5.74, 6) is 0.485. The molecule has 0 N–H and O–H groups in total. The summed E-state index contributed by atoms with van der Waals surface area (Å²) < 4.78 is 21.7. The average Bonchev–Trinajstić information content (AvgIpc) is 2.99. The van der Waals surface area contributed by atoms with Crippen LogP contribution in [0.3, 0.4) is 0 Å². The summed E-state index contributed by atoms with van der Waals surface area (Å²) in [4.78, 5) is 0. The van der Waals surface area contributed by atoms with Gasteiger partial charge in [-0.1, -0.05) is 23.2 Å². The topological polar surface area (TPSA) is 63.7 Å². The Balaban J connectivity index is 1.97. The zero-order valence-electron chi connectivity index (χ0n) is 14.8. The number of benzene rings is 2. The lowest BCUT2D eigenvalue weighted by molar-refractivity contribution is 0.0894. The van der Waals surface area contributed by atoms with E-state index in [9.17, 15) is 4.39 Å². The number of hydrogen-bond donors (Lipinski definition) is 0. The van der Waals surface area contributed by atoms with Crippen molar-refractivity contribution in [2.24, 2.45) is 7.05 Å². The van der Waals surface area contributed by atoms with E-state index in [4.69, 9.17) is 33.2 Å². The molecule has 3 rings (SSSR count). The maximum Gasteiger partial charge on any atom is 0.176 e. The Bertz CT molecular complexity index is 1060. The van der Waals surface area contributed by atoms with Crippen LogP contribution in [-0.2, 0) is 12.6 Å². The Hall–Kier alpha value is -2.62. The molecule has 0 saturated heterocycles. The lowest BCUT2D eigenvalue weighted by Crippen LogP contribution is -2.29. The monoisotopic (exact) mass is 404 g/mol. The van der Waals surface area contributed by atoms with E-state index < -0.39 is 11.4 Å². The molecule has 0 bridgehead atoms. The molecule has 0 saturated carbocycles. The molecule has 0 atom stereocenters. The van der Waals surface area contributed by atoms with Crippen molar-refractivity contribution >= 4 is 23.2 Å². The molecule has 3 aromatic rings. The maximum absolute atomic E-state index is 14.1. The number of halogens is 3. The highest BCUT2D eigenvalue weighted by atomic mass is 35.5. The van der Waals surface area contributed by atoms with Gasteiger partial charge in [0.1, 0.15) is 0 Å². The fraction of sp³-hybridized carbons (Fsp3) is 0.211. The van der Waals surface area contributed by atoms with Crippen LogP contribution in [0.25, 0.3) is 11.4 Å². The first kappa shape index (κ1) is 19.2. The van der Waals surface area contributed by atoms with Crippen molar-refractivity contribution in [2.45, 2.75) is 19.4 Å². The molecular formula is C19H15Cl2FN4O. The number of rotatable bonds is 4. The summed E-state index contributed by atoms with van der Waals surface area (Å²) in [6, 6.07) is 11.2. The highest BCUT2D eigenvalue weighted by molar-refractivity contribution is 6.33. The van der Waals surface area contributed by atoms with Gasteiger partial charge in [-0.05, 0) is 50.2 Å². The van der Waals surface area contributed by atoms with E-state index in [1.54, 1.807) is 49.7 Å². The Morgan fingerprint density at radius 2 is 1.89 bits per heavy atom. The minimum Gasteiger partial charge on any atom is -0.477 e. The summed E-state index contributed by atoms with van der Waals surface area (Å²) in [7, 11) is 1.77. The van der Waals surface area contributed by atoms with Crippen molar-refractivity contribution in [3.05, 3.63) is 63.6 Å². The zero-order chi connectivity index (χ0) is 19.8. The number of aromatic nitrogens is 3. The summed E-state index contributed by atoms with van der Waals surface area (Å²) in [6.45, 7) is 3.52. The largest absolute Gasteiger partial charge is 0.477 e. The first-order chi connectivity index (χ1) is 12.7. The lowest BCUT2D eigenvalue weighted by Gasteiger charge is -2.25. The fourth-order valence-electron chi connectivity index (χ4n) is 2.73. The van der Waals surface area contributed by atoms with Gasteiger partial charge in [0.2, 0.25) is 0 Å². The van der Waals surface area contributed by atoms with Gasteiger partial charge in [0.05, 0.1) is 16.7 Å². The molecule has 0 aliphatic heterocycles. The standard InChI is InChI=1S/C19H15Cl2FN4O/c1-19(2,27-16-7-5-12(20)9-15(16)22)18-25-24-17(26(18)3)13-6-4-11(10-23)8-14(13)21/h4-9H,1-3H3. The predicted octanol–water partition coefficient (Wildman–Crippen LogP) is 5.11. The Morgan fingerprint density at radius 1 is 1.15 bits per heavy atom. The minimum atomic E-state index is -0.978. The van der Waals surface area contributed by atoms with Crippen molar-refractivity contribution in [1.82, 2.24) is 14.8 Å². The van der Waals surface area contributed by atoms with Crippen molar-refractivity contribution < 1.29 is 9.13 Å². The summed E-state index contributed by atoms with van der Waals surface area (Å²) in [5.41, 5.74) is 0.103. The molecule has 0 aliphatic carbocycles. The molecule has 0 fully saturated rings. The van der Waals surface area contributed by atoms with Crippen molar-refractivity contribution in [1.29, 1.82) is 5.26 Å². The molecule has 0 unspecified atom stereocenters. The first-order valence-corrected chi connectivity index (χ1v) is 8.72. The Kier molecular flexibility index (Phi) is 5.09. The maximum atomic E-state index is 14.1. The van der Waals surface area contributed by atoms with Gasteiger partial charge in [0, 0.05) is 17.6 Å². The summed E-state index contributed by atoms with van der Waals surface area (Å²) in [5, 5.41) is 18.0. The quantitative estimate of drug-likeness (QED) is 0.605. The molecule has 8 heteroatoms. The second kappa shape index (κ2) is 7.18. The Morgan fingerprint density at radius 3 is 2.52 bits per heavy atom. The summed E-state index contributed by atoms with van der Waals surface area (Å²) >= 11 is 12.1. The number of ether oxygens (including phenoxy) is 1. The van der Waals surface area contributed by atoms with Gasteiger partial charge in [-0.25, -0.2) is 4.39 Å². The van der Waals surface area contributed by atoms with E-state index >= 15 is 0 Å². The van der Waals surface area contributed by atoms with Gasteiger partial charge in [0.25, 0.3) is 0 Å². The van der Waals surface area contributed by atoms with Gasteiger partial charge in [-0.2, -0.15) is 5.26 Å². The highest BCUT2D eigenvalue weighted by Gasteiger charge is 2.31. The second-order valence-electron chi connectivity index (χ2n) is 6.40. The molecule has 0 spiro atoms. The predicted molar refractivity (Wildman–Crippen MR) is 101 cm³/mol. The van der Waals surface area contributed by atoms with Gasteiger partial charge in [-0.3, -0.25) is 0 Å². The number of hydrogen-bond acceptors (Lipinski definition) is 4. The molecule has 0 aliphatic rings. The van der Waals surface area contributed by atoms with Gasteiger partial charge in [-0.15, -0.1) is 10.2 Å². The van der Waals surface area contributed by atoms with Crippen LogP contribution in [0.2, 0.25) is 10.0 Å². The molecule has 138 valence electrons. The van der Waals surface area contributed by atoms with E-state index in [-0.39, 0.29) is 10.8 Å². The van der Waals surface area contributed by atoms with Crippen LogP contribution in [0.1, 0.15) is 25.2 Å². The molecule has 1 heterocycles. The normalized spacial score (nSPS) is 11.3. The van der Waals surface area contributed by atoms with Crippen LogP contribution in [0, 0.1) is 17.1 Å². The van der Waals surface area contributed by atoms with Crippen molar-refractivity contribution in [3.63, 3.8) is 0 Å². The van der Waals surface area contributed by atoms with Crippen LogP contribution in [0.5, 0.6) is 5.75 Å². The van der Waals surface area contributed by atoms with Gasteiger partial charge >= 0.3 is 0 Å². The third-order valence-electron chi connectivity index (χ3n) is 4.01. The van der Waals surface area contributed by atoms with E-state index in [1.807, 2.05) is 6.07 Å². The first-order valence-electron chi connectivity index (χ1n) is 7.97. The van der Waals surface area contributed by atoms with Crippen LogP contribution in [-0.4, -0.2) is 14.8 Å². The zero-order valence-corrected chi connectivity index (χ0v) is 16.3. The fourth-order valence-corrected chi connectivity index (χ4v) is 3.16. The molecule has 0 radical (unpaired) electrons. The summed E-state index contributed by atoms with van der Waals surface area (Å²) in [6.07, 6.45) is 0. The second-order valence-corrected chi connectivity index (χ2v) is 7.24. The van der Waals surface area contributed by atoms with E-state index in [2.05, 4.69) is 10.2 Å². The smallest absolute Gasteiger partial charge is 0.176 e. The highest BCUT2D eigenvalue weighted by Crippen LogP contribution is 2.33. The number of nitriles is 1. The van der Waals surface area contributed by atoms with Crippen LogP contribution >= 0.6 is 23.2 Å². The van der Waals surface area contributed by atoms with Gasteiger partial charge in [0.15, 0.2) is 28.8 Å². The Labute approximate surface area is 165 Å². The lowest BCUT2D eigenvalue weighted by atomic mass is 10.1. The van der Waals surface area contributed by atoms with Crippen LogP contribution < -0.4 is 4.74 Å². The third kappa shape index (κ3) is 3.75. The third-order valence-corrected chi connectivity index (χ3v) is 4.56. The van der Waals surface area contributed by atoms with E-state index in [1.165, 1.54) is 12.1 Å². The average molecular weight is 405 g/mol. The molecule has 1 aromatic heterocycles. The minimum absolute atomic E-state index is 0.0605. The molecule has 27 heavy (non-hydrogen) atoms. The SMILES string of the molecule is Cn1c(-c2ccc(C#N)cc2Cl)nnc1C(C)(C)Oc1ccc(Cl)cc1F. The molecule has 2 aromatic carbocycles. The van der Waals surface area contributed by atoms with Crippen LogP contribution in [0.4, 0.5) is 4.39 Å². The molecule has 0 amide bonds. The molecular weight excluding hydrogens is 390 g/mol. The van der Waals surface area contributed by atoms with Gasteiger partial charge < -0.3 is 9.30 Å². The van der Waals surface area contributed by atoms with Crippen LogP contribution in [0.15, 0.2) is 36.4 Å². The molecule has 5 nitrogen and oxygen atoms in total. The van der Waals surface area contributed by atoms with E-state index in [0.29, 0.717) is 27.8 Å². The van der Waals surface area contributed by atoms with Crippen molar-refractivity contribution in [2.75, 3.05) is 0 Å². The van der Waals surface area contributed by atoms with Crippen molar-refractivity contribution in [3.8, 4) is 23.2 Å².